The molecule has 0 unspecified atom stereocenters. The molecule has 7 heteroatoms. The number of hydrogen-bond donors (Lipinski definition) is 0. The third kappa shape index (κ3) is 3.97. The second kappa shape index (κ2) is 7.63. The molecular formula is C18H16ClN3O2S. The van der Waals surface area contributed by atoms with Crippen molar-refractivity contribution in [3.8, 4) is 0 Å². The number of rotatable bonds is 6. The molecule has 0 spiro atoms. The van der Waals surface area contributed by atoms with Gasteiger partial charge in [-0.15, -0.1) is 17.9 Å². The summed E-state index contributed by atoms with van der Waals surface area (Å²) in [5, 5.41) is 2.82. The largest absolute Gasteiger partial charge is 0.332 e. The zero-order valence-electron chi connectivity index (χ0n) is 13.4. The minimum atomic E-state index is -0.282. The summed E-state index contributed by atoms with van der Waals surface area (Å²) in [5.41, 5.74) is 0.273. The van der Waals surface area contributed by atoms with Crippen LogP contribution in [0.2, 0.25) is 5.02 Å². The number of fused-ring (bicyclic) bond motifs is 1. The van der Waals surface area contributed by atoms with Crippen molar-refractivity contribution >= 4 is 39.7 Å². The molecule has 0 N–H and O–H groups in total. The van der Waals surface area contributed by atoms with Gasteiger partial charge in [-0.2, -0.15) is 0 Å². The zero-order chi connectivity index (χ0) is 17.8. The molecule has 5 nitrogen and oxygen atoms in total. The molecule has 0 saturated heterocycles. The van der Waals surface area contributed by atoms with Crippen molar-refractivity contribution in [2.45, 2.75) is 13.1 Å². The molecule has 0 atom stereocenters. The van der Waals surface area contributed by atoms with E-state index >= 15 is 0 Å². The number of benzene rings is 1. The first kappa shape index (κ1) is 17.4. The van der Waals surface area contributed by atoms with Crippen molar-refractivity contribution in [2.24, 2.45) is 0 Å². The highest BCUT2D eigenvalue weighted by atomic mass is 35.5. The Balaban J connectivity index is 1.85. The maximum atomic E-state index is 12.7. The summed E-state index contributed by atoms with van der Waals surface area (Å²) in [6.07, 6.45) is 3.07. The van der Waals surface area contributed by atoms with Crippen LogP contribution in [0.25, 0.3) is 10.9 Å². The second-order valence-electron chi connectivity index (χ2n) is 5.48. The van der Waals surface area contributed by atoms with Gasteiger partial charge in [0, 0.05) is 16.4 Å². The maximum Gasteiger partial charge on any atom is 0.261 e. The van der Waals surface area contributed by atoms with E-state index in [4.69, 9.17) is 11.6 Å². The van der Waals surface area contributed by atoms with Crippen LogP contribution in [0.3, 0.4) is 0 Å². The molecule has 2 heterocycles. The highest BCUT2D eigenvalue weighted by Gasteiger charge is 2.15. The maximum absolute atomic E-state index is 12.7. The van der Waals surface area contributed by atoms with Crippen LogP contribution in [-0.2, 0) is 17.9 Å². The molecule has 0 saturated carbocycles. The fraction of sp³-hybridized carbons (Fsp3) is 0.167. The van der Waals surface area contributed by atoms with Crippen molar-refractivity contribution < 1.29 is 4.79 Å². The molecule has 3 aromatic rings. The first-order valence-corrected chi connectivity index (χ1v) is 8.90. The summed E-state index contributed by atoms with van der Waals surface area (Å²) in [5.74, 6) is -0.168. The lowest BCUT2D eigenvalue weighted by atomic mass is 10.2. The summed E-state index contributed by atoms with van der Waals surface area (Å²) >= 11 is 7.54. The van der Waals surface area contributed by atoms with Crippen LogP contribution in [0.4, 0.5) is 0 Å². The fourth-order valence-corrected chi connectivity index (χ4v) is 3.38. The third-order valence-electron chi connectivity index (χ3n) is 3.72. The van der Waals surface area contributed by atoms with Crippen LogP contribution in [0.5, 0.6) is 0 Å². The minimum Gasteiger partial charge on any atom is -0.332 e. The number of carbonyl (C=O) groups is 1. The van der Waals surface area contributed by atoms with Crippen LogP contribution in [0, 0.1) is 0 Å². The summed E-state index contributed by atoms with van der Waals surface area (Å²) in [6.45, 7) is 4.53. The van der Waals surface area contributed by atoms with E-state index in [0.29, 0.717) is 29.0 Å². The van der Waals surface area contributed by atoms with Gasteiger partial charge < -0.3 is 4.90 Å². The molecule has 0 aliphatic heterocycles. The molecular weight excluding hydrogens is 358 g/mol. The fourth-order valence-electron chi connectivity index (χ4n) is 2.49. The van der Waals surface area contributed by atoms with E-state index in [0.717, 1.165) is 4.88 Å². The minimum absolute atomic E-state index is 0.0759. The molecule has 25 heavy (non-hydrogen) atoms. The van der Waals surface area contributed by atoms with Crippen LogP contribution < -0.4 is 5.56 Å². The number of nitrogens with zero attached hydrogens (tertiary/aromatic N) is 3. The monoisotopic (exact) mass is 373 g/mol. The van der Waals surface area contributed by atoms with E-state index in [1.165, 1.54) is 10.9 Å². The molecule has 0 bridgehead atoms. The van der Waals surface area contributed by atoms with Crippen molar-refractivity contribution in [1.29, 1.82) is 0 Å². The molecule has 0 aliphatic rings. The second-order valence-corrected chi connectivity index (χ2v) is 6.95. The highest BCUT2D eigenvalue weighted by Crippen LogP contribution is 2.15. The lowest BCUT2D eigenvalue weighted by Gasteiger charge is -2.21. The number of carbonyl (C=O) groups excluding carboxylic acids is 1. The number of amides is 1. The van der Waals surface area contributed by atoms with Crippen LogP contribution >= 0.6 is 22.9 Å². The molecule has 0 aliphatic carbocycles. The van der Waals surface area contributed by atoms with Crippen molar-refractivity contribution in [2.75, 3.05) is 6.54 Å². The Morgan fingerprint density at radius 1 is 1.40 bits per heavy atom. The summed E-state index contributed by atoms with van der Waals surface area (Å²) < 4.78 is 1.31. The first-order valence-electron chi connectivity index (χ1n) is 7.64. The normalized spacial score (nSPS) is 10.8. The van der Waals surface area contributed by atoms with Gasteiger partial charge in [0.25, 0.3) is 5.56 Å². The number of hydrogen-bond acceptors (Lipinski definition) is 4. The quantitative estimate of drug-likeness (QED) is 0.623. The van der Waals surface area contributed by atoms with E-state index in [2.05, 4.69) is 11.6 Å². The Kier molecular flexibility index (Phi) is 5.31. The van der Waals surface area contributed by atoms with Gasteiger partial charge in [0.2, 0.25) is 5.91 Å². The van der Waals surface area contributed by atoms with Gasteiger partial charge in [-0.1, -0.05) is 23.7 Å². The molecule has 1 aromatic carbocycles. The molecule has 0 fully saturated rings. The van der Waals surface area contributed by atoms with E-state index in [-0.39, 0.29) is 18.0 Å². The smallest absolute Gasteiger partial charge is 0.261 e. The summed E-state index contributed by atoms with van der Waals surface area (Å²) in [7, 11) is 0. The lowest BCUT2D eigenvalue weighted by molar-refractivity contribution is -0.131. The van der Waals surface area contributed by atoms with Gasteiger partial charge in [-0.05, 0) is 29.6 Å². The molecule has 0 radical (unpaired) electrons. The van der Waals surface area contributed by atoms with Crippen LogP contribution in [0.15, 0.2) is 59.5 Å². The summed E-state index contributed by atoms with van der Waals surface area (Å²) in [4.78, 5) is 32.2. The number of halogens is 1. The standard InChI is InChI=1S/C18H16ClN3O2S/c1-2-7-21(10-14-4-3-8-25-14)17(23)11-22-12-20-16-6-5-13(19)9-15(16)18(22)24/h2-6,8-9,12H,1,7,10-11H2. The Bertz CT molecular complexity index is 966. The van der Waals surface area contributed by atoms with Crippen molar-refractivity contribution in [1.82, 2.24) is 14.5 Å². The summed E-state index contributed by atoms with van der Waals surface area (Å²) in [6, 6.07) is 8.85. The Hall–Kier alpha value is -2.44. The van der Waals surface area contributed by atoms with Gasteiger partial charge in [-0.3, -0.25) is 14.2 Å². The average Bonchev–Trinajstić information content (AvgIpc) is 3.10. The van der Waals surface area contributed by atoms with Gasteiger partial charge in [0.05, 0.1) is 23.8 Å². The van der Waals surface area contributed by atoms with Crippen LogP contribution in [-0.4, -0.2) is 26.9 Å². The predicted molar refractivity (Wildman–Crippen MR) is 101 cm³/mol. The van der Waals surface area contributed by atoms with E-state index < -0.39 is 0 Å². The molecule has 2 aromatic heterocycles. The predicted octanol–water partition coefficient (Wildman–Crippen LogP) is 3.33. The van der Waals surface area contributed by atoms with Crippen molar-refractivity contribution in [3.63, 3.8) is 0 Å². The zero-order valence-corrected chi connectivity index (χ0v) is 15.0. The molecule has 3 rings (SSSR count). The SMILES string of the molecule is C=CCN(Cc1cccs1)C(=O)Cn1cnc2ccc(Cl)cc2c1=O. The Labute approximate surface area is 153 Å². The first-order chi connectivity index (χ1) is 12.1. The Morgan fingerprint density at radius 3 is 2.96 bits per heavy atom. The van der Waals surface area contributed by atoms with E-state index in [1.807, 2.05) is 17.5 Å². The topological polar surface area (TPSA) is 55.2 Å². The molecule has 128 valence electrons. The van der Waals surface area contributed by atoms with Gasteiger partial charge >= 0.3 is 0 Å². The van der Waals surface area contributed by atoms with Crippen LogP contribution in [0.1, 0.15) is 4.88 Å². The average molecular weight is 374 g/mol. The Morgan fingerprint density at radius 2 is 2.24 bits per heavy atom. The number of thiophene rings is 1. The van der Waals surface area contributed by atoms with E-state index in [1.54, 1.807) is 40.5 Å². The van der Waals surface area contributed by atoms with Gasteiger partial charge in [0.15, 0.2) is 0 Å². The lowest BCUT2D eigenvalue weighted by Crippen LogP contribution is -2.36. The van der Waals surface area contributed by atoms with Gasteiger partial charge in [-0.25, -0.2) is 4.98 Å². The van der Waals surface area contributed by atoms with Gasteiger partial charge in [0.1, 0.15) is 6.54 Å². The third-order valence-corrected chi connectivity index (χ3v) is 4.82. The highest BCUT2D eigenvalue weighted by molar-refractivity contribution is 7.09. The molecule has 1 amide bonds. The van der Waals surface area contributed by atoms with E-state index in [9.17, 15) is 9.59 Å². The number of aromatic nitrogens is 2. The van der Waals surface area contributed by atoms with Crippen molar-refractivity contribution in [3.05, 3.63) is 74.9 Å².